The van der Waals surface area contributed by atoms with Crippen molar-refractivity contribution in [2.45, 2.75) is 95.2 Å². The molecule has 5 rings (SSSR count). The van der Waals surface area contributed by atoms with Gasteiger partial charge >= 0.3 is 5.69 Å². The summed E-state index contributed by atoms with van der Waals surface area (Å²) in [5.41, 5.74) is 9.68. The molecule has 0 bridgehead atoms. The monoisotopic (exact) mass is 560 g/mol. The van der Waals surface area contributed by atoms with E-state index in [1.165, 1.54) is 44.1 Å². The molecule has 1 aliphatic carbocycles. The second kappa shape index (κ2) is 14.6. The van der Waals surface area contributed by atoms with Crippen LogP contribution in [0.1, 0.15) is 88.7 Å². The number of hydrogen-bond donors (Lipinski definition) is 1. The van der Waals surface area contributed by atoms with Gasteiger partial charge in [0.05, 0.1) is 11.0 Å². The van der Waals surface area contributed by atoms with E-state index in [9.17, 15) is 4.79 Å². The smallest absolute Gasteiger partial charge is 0.329 e. The largest absolute Gasteiger partial charge is 0.330 e. The molecule has 0 amide bonds. The van der Waals surface area contributed by atoms with Crippen LogP contribution in [0.5, 0.6) is 0 Å². The molecule has 0 spiro atoms. The van der Waals surface area contributed by atoms with Crippen molar-refractivity contribution in [1.82, 2.24) is 14.0 Å². The van der Waals surface area contributed by atoms with Gasteiger partial charge in [0.15, 0.2) is 0 Å². The Morgan fingerprint density at radius 3 is 2.03 bits per heavy atom. The molecule has 2 heterocycles. The Balaban J connectivity index is 0.00000200. The topological polar surface area (TPSA) is 56.2 Å². The molecule has 1 saturated carbocycles. The molecule has 210 valence electrons. The van der Waals surface area contributed by atoms with Crippen LogP contribution in [-0.4, -0.2) is 33.7 Å². The number of unbranched alkanes of at least 4 members (excludes halogenated alkanes) is 3. The van der Waals surface area contributed by atoms with Crippen LogP contribution < -0.4 is 11.4 Å². The number of aryl methyl sites for hydroxylation is 1. The molecular weight excluding hydrogens is 515 g/mol. The van der Waals surface area contributed by atoms with Crippen LogP contribution in [0.2, 0.25) is 0 Å². The van der Waals surface area contributed by atoms with Gasteiger partial charge in [0.25, 0.3) is 0 Å². The van der Waals surface area contributed by atoms with E-state index in [0.29, 0.717) is 0 Å². The van der Waals surface area contributed by atoms with Crippen molar-refractivity contribution >= 4 is 35.8 Å². The van der Waals surface area contributed by atoms with E-state index < -0.39 is 0 Å². The number of halogens is 2. The van der Waals surface area contributed by atoms with Gasteiger partial charge < -0.3 is 5.73 Å². The zero-order valence-corrected chi connectivity index (χ0v) is 24.4. The summed E-state index contributed by atoms with van der Waals surface area (Å²) in [7, 11) is 0. The molecule has 5 nitrogen and oxygen atoms in total. The van der Waals surface area contributed by atoms with Gasteiger partial charge in [0.1, 0.15) is 0 Å². The molecule has 0 radical (unpaired) electrons. The summed E-state index contributed by atoms with van der Waals surface area (Å²) in [6, 6.07) is 19.9. The standard InChI is InChI=1S/C31H44N4O.2ClH/c32-22-12-3-4-13-23-34-28-16-8-9-17-29(28)35(30(34)36)27-18-24-33(25-19-27)31(20-10-1-2-11-21-31)26-14-6-5-7-15-26;;/h5-9,14-17,27H,1-4,10-13,18-25,32H2;2*1H. The van der Waals surface area contributed by atoms with Crippen molar-refractivity contribution < 1.29 is 0 Å². The van der Waals surface area contributed by atoms with Crippen molar-refractivity contribution in [2.75, 3.05) is 19.6 Å². The predicted molar refractivity (Wildman–Crippen MR) is 164 cm³/mol. The van der Waals surface area contributed by atoms with Gasteiger partial charge in [-0.05, 0) is 62.8 Å². The van der Waals surface area contributed by atoms with E-state index >= 15 is 0 Å². The lowest BCUT2D eigenvalue weighted by Gasteiger charge is -2.47. The van der Waals surface area contributed by atoms with Crippen molar-refractivity contribution in [3.05, 3.63) is 70.6 Å². The second-order valence-electron chi connectivity index (χ2n) is 11.0. The van der Waals surface area contributed by atoms with Gasteiger partial charge in [0, 0.05) is 31.2 Å². The van der Waals surface area contributed by atoms with E-state index in [0.717, 1.165) is 75.7 Å². The molecular formula is C31H46Cl2N4O. The number of fused-ring (bicyclic) bond motifs is 1. The highest BCUT2D eigenvalue weighted by atomic mass is 35.5. The molecule has 3 aromatic rings. The van der Waals surface area contributed by atoms with Crippen LogP contribution in [0.25, 0.3) is 11.0 Å². The highest BCUT2D eigenvalue weighted by molar-refractivity contribution is 5.85. The van der Waals surface area contributed by atoms with Crippen molar-refractivity contribution in [3.63, 3.8) is 0 Å². The molecule has 7 heteroatoms. The Labute approximate surface area is 240 Å². The first-order valence-corrected chi connectivity index (χ1v) is 14.4. The normalized spacial score (nSPS) is 18.4. The fraction of sp³-hybridized carbons (Fsp3) is 0.581. The Morgan fingerprint density at radius 2 is 1.37 bits per heavy atom. The number of hydrogen-bond acceptors (Lipinski definition) is 3. The number of para-hydroxylation sites is 2. The highest BCUT2D eigenvalue weighted by Crippen LogP contribution is 2.43. The first-order chi connectivity index (χ1) is 17.7. The van der Waals surface area contributed by atoms with Crippen LogP contribution >= 0.6 is 24.8 Å². The third-order valence-corrected chi connectivity index (χ3v) is 8.88. The number of nitrogens with two attached hydrogens (primary N) is 1. The Bertz CT molecular complexity index is 1160. The Morgan fingerprint density at radius 1 is 0.763 bits per heavy atom. The number of piperidine rings is 1. The van der Waals surface area contributed by atoms with Crippen molar-refractivity contribution in [3.8, 4) is 0 Å². The molecule has 2 aliphatic rings. The van der Waals surface area contributed by atoms with Gasteiger partial charge in [-0.1, -0.05) is 81.0 Å². The lowest BCUT2D eigenvalue weighted by atomic mass is 9.79. The molecule has 38 heavy (non-hydrogen) atoms. The summed E-state index contributed by atoms with van der Waals surface area (Å²) in [4.78, 5) is 16.5. The lowest BCUT2D eigenvalue weighted by molar-refractivity contribution is 0.0354. The van der Waals surface area contributed by atoms with E-state index in [-0.39, 0.29) is 42.1 Å². The number of likely N-dealkylation sites (tertiary alicyclic amines) is 1. The fourth-order valence-electron chi connectivity index (χ4n) is 6.97. The predicted octanol–water partition coefficient (Wildman–Crippen LogP) is 7.05. The molecule has 2 N–H and O–H groups in total. The fourth-order valence-corrected chi connectivity index (χ4v) is 6.97. The second-order valence-corrected chi connectivity index (χ2v) is 11.0. The van der Waals surface area contributed by atoms with Crippen LogP contribution in [-0.2, 0) is 12.1 Å². The number of nitrogens with zero attached hydrogens (tertiary/aromatic N) is 3. The van der Waals surface area contributed by atoms with Crippen LogP contribution in [0.15, 0.2) is 59.4 Å². The first-order valence-electron chi connectivity index (χ1n) is 14.4. The molecule has 2 fully saturated rings. The molecule has 0 atom stereocenters. The van der Waals surface area contributed by atoms with E-state index in [1.54, 1.807) is 0 Å². The zero-order chi connectivity index (χ0) is 24.8. The van der Waals surface area contributed by atoms with Gasteiger partial charge in [-0.25, -0.2) is 4.79 Å². The van der Waals surface area contributed by atoms with Gasteiger partial charge in [0.2, 0.25) is 0 Å². The minimum absolute atomic E-state index is 0. The molecule has 1 saturated heterocycles. The molecule has 2 aromatic carbocycles. The zero-order valence-electron chi connectivity index (χ0n) is 22.7. The van der Waals surface area contributed by atoms with Crippen molar-refractivity contribution in [2.24, 2.45) is 5.73 Å². The van der Waals surface area contributed by atoms with Crippen LogP contribution in [0.4, 0.5) is 0 Å². The minimum Gasteiger partial charge on any atom is -0.330 e. The third-order valence-electron chi connectivity index (χ3n) is 8.88. The Kier molecular flexibility index (Phi) is 11.8. The number of imidazole rings is 1. The average molecular weight is 562 g/mol. The number of benzene rings is 2. The maximum Gasteiger partial charge on any atom is 0.329 e. The number of aromatic nitrogens is 2. The van der Waals surface area contributed by atoms with Gasteiger partial charge in [-0.15, -0.1) is 24.8 Å². The van der Waals surface area contributed by atoms with E-state index in [2.05, 4.69) is 64.1 Å². The van der Waals surface area contributed by atoms with Crippen LogP contribution in [0.3, 0.4) is 0 Å². The minimum atomic E-state index is 0. The molecule has 1 aliphatic heterocycles. The summed E-state index contributed by atoms with van der Waals surface area (Å²) in [5.74, 6) is 0. The Hall–Kier alpha value is -1.79. The summed E-state index contributed by atoms with van der Waals surface area (Å²) in [6.45, 7) is 3.67. The SMILES string of the molecule is Cl.Cl.NCCCCCCn1c(=O)n(C2CCN(C3(c4ccccc4)CCCCCC3)CC2)c2ccccc21. The number of rotatable bonds is 9. The summed E-state index contributed by atoms with van der Waals surface area (Å²) < 4.78 is 4.16. The third kappa shape index (κ3) is 6.33. The quantitative estimate of drug-likeness (QED) is 0.225. The summed E-state index contributed by atoms with van der Waals surface area (Å²) >= 11 is 0. The van der Waals surface area contributed by atoms with E-state index in [4.69, 9.17) is 5.73 Å². The molecule has 1 aromatic heterocycles. The average Bonchev–Trinajstić information content (AvgIpc) is 3.06. The maximum absolute atomic E-state index is 13.7. The van der Waals surface area contributed by atoms with Gasteiger partial charge in [-0.2, -0.15) is 0 Å². The lowest BCUT2D eigenvalue weighted by Crippen LogP contribution is -2.50. The van der Waals surface area contributed by atoms with Crippen LogP contribution in [0, 0.1) is 0 Å². The van der Waals surface area contributed by atoms with Crippen molar-refractivity contribution in [1.29, 1.82) is 0 Å². The summed E-state index contributed by atoms with van der Waals surface area (Å²) in [5, 5.41) is 0. The highest BCUT2D eigenvalue weighted by Gasteiger charge is 2.40. The van der Waals surface area contributed by atoms with Gasteiger partial charge in [-0.3, -0.25) is 14.0 Å². The molecule has 0 unspecified atom stereocenters. The maximum atomic E-state index is 13.7. The van der Waals surface area contributed by atoms with E-state index in [1.807, 2.05) is 4.57 Å². The summed E-state index contributed by atoms with van der Waals surface area (Å²) in [6.07, 6.45) is 14.3. The first kappa shape index (κ1) is 30.7.